The Morgan fingerprint density at radius 3 is 2.84 bits per heavy atom. The minimum absolute atomic E-state index is 0.0477. The predicted molar refractivity (Wildman–Crippen MR) is 75.2 cm³/mol. The molecule has 1 rings (SSSR count). The van der Waals surface area contributed by atoms with Crippen molar-refractivity contribution in [1.82, 2.24) is 9.62 Å². The molecule has 0 aromatic carbocycles. The number of nitrogens with one attached hydrogen (secondary N) is 1. The predicted octanol–water partition coefficient (Wildman–Crippen LogP) is -1.17. The number of hydrogen-bond acceptors (Lipinski definition) is 5. The zero-order valence-corrected chi connectivity index (χ0v) is 12.4. The third-order valence-electron chi connectivity index (χ3n) is 2.61. The third kappa shape index (κ3) is 4.68. The molecule has 110 valence electrons. The highest BCUT2D eigenvalue weighted by Crippen LogP contribution is 2.13. The zero-order valence-electron chi connectivity index (χ0n) is 10.8. The van der Waals surface area contributed by atoms with Crippen LogP contribution in [-0.2, 0) is 19.6 Å². The summed E-state index contributed by atoms with van der Waals surface area (Å²) in [7, 11) is -3.68. The maximum atomic E-state index is 12.1. The second-order valence-electron chi connectivity index (χ2n) is 4.21. The van der Waals surface area contributed by atoms with Crippen molar-refractivity contribution >= 4 is 33.1 Å². The first-order chi connectivity index (χ1) is 8.88. The number of nitrogens with zero attached hydrogens (tertiary/aromatic N) is 1. The first-order valence-electron chi connectivity index (χ1n) is 6.01. The van der Waals surface area contributed by atoms with Crippen LogP contribution in [0.15, 0.2) is 0 Å². The van der Waals surface area contributed by atoms with Crippen molar-refractivity contribution < 1.29 is 17.9 Å². The van der Waals surface area contributed by atoms with Crippen molar-refractivity contribution in [2.75, 3.05) is 32.1 Å². The van der Waals surface area contributed by atoms with Crippen LogP contribution in [0, 0.1) is 0 Å². The summed E-state index contributed by atoms with van der Waals surface area (Å²) in [5, 5.41) is 2.67. The Bertz CT molecular complexity index is 438. The summed E-state index contributed by atoms with van der Waals surface area (Å²) >= 11 is 4.63. The first-order valence-corrected chi connectivity index (χ1v) is 8.03. The molecule has 3 N–H and O–H groups in total. The van der Waals surface area contributed by atoms with E-state index in [2.05, 4.69) is 17.5 Å². The van der Waals surface area contributed by atoms with Crippen molar-refractivity contribution in [3.63, 3.8) is 0 Å². The molecule has 0 aromatic rings. The van der Waals surface area contributed by atoms with Crippen LogP contribution in [-0.4, -0.2) is 61.7 Å². The van der Waals surface area contributed by atoms with E-state index in [1.807, 2.05) is 6.92 Å². The van der Waals surface area contributed by atoms with Crippen LogP contribution >= 0.6 is 12.2 Å². The quantitative estimate of drug-likeness (QED) is 0.600. The average molecular weight is 309 g/mol. The molecular weight excluding hydrogens is 290 g/mol. The number of carbonyl (C=O) groups excluding carboxylic acids is 1. The Morgan fingerprint density at radius 2 is 2.26 bits per heavy atom. The number of rotatable bonds is 6. The third-order valence-corrected chi connectivity index (χ3v) is 4.77. The number of carbonyl (C=O) groups is 1. The highest BCUT2D eigenvalue weighted by atomic mass is 32.2. The van der Waals surface area contributed by atoms with Crippen LogP contribution < -0.4 is 11.1 Å². The number of sulfonamides is 1. The van der Waals surface area contributed by atoms with Gasteiger partial charge in [0.1, 0.15) is 11.8 Å². The van der Waals surface area contributed by atoms with Crippen LogP contribution in [0.4, 0.5) is 0 Å². The highest BCUT2D eigenvalue weighted by Gasteiger charge is 2.37. The summed E-state index contributed by atoms with van der Waals surface area (Å²) in [4.78, 5) is 11.8. The van der Waals surface area contributed by atoms with E-state index < -0.39 is 21.8 Å². The van der Waals surface area contributed by atoms with E-state index in [1.54, 1.807) is 0 Å². The van der Waals surface area contributed by atoms with Gasteiger partial charge in [-0.25, -0.2) is 8.42 Å². The van der Waals surface area contributed by atoms with Crippen molar-refractivity contribution in [2.45, 2.75) is 19.4 Å². The number of hydrogen-bond donors (Lipinski definition) is 2. The van der Waals surface area contributed by atoms with Gasteiger partial charge in [0.05, 0.1) is 18.2 Å². The van der Waals surface area contributed by atoms with E-state index in [4.69, 9.17) is 10.5 Å². The molecule has 1 fully saturated rings. The highest BCUT2D eigenvalue weighted by molar-refractivity contribution is 7.92. The van der Waals surface area contributed by atoms with E-state index in [9.17, 15) is 13.2 Å². The maximum absolute atomic E-state index is 12.1. The summed E-state index contributed by atoms with van der Waals surface area (Å²) in [6.07, 6.45) is 0.777. The molecule has 1 atom stereocenters. The minimum atomic E-state index is -3.68. The van der Waals surface area contributed by atoms with E-state index in [0.29, 0.717) is 6.54 Å². The van der Waals surface area contributed by atoms with Gasteiger partial charge in [0.25, 0.3) is 0 Å². The van der Waals surface area contributed by atoms with Gasteiger partial charge >= 0.3 is 0 Å². The Kier molecular flexibility index (Phi) is 6.11. The molecule has 0 bridgehead atoms. The normalized spacial score (nSPS) is 21.0. The standard InChI is InChI=1S/C10H19N3O4S2/c1-2-3-12-10(14)8-6-17-5-4-13(8)19(15,16)7-9(11)18/h8H,2-7H2,1H3,(H2,11,18)(H,12,14). The maximum Gasteiger partial charge on any atom is 0.240 e. The number of nitrogens with two attached hydrogens (primary N) is 1. The van der Waals surface area contributed by atoms with E-state index in [0.717, 1.165) is 10.7 Å². The number of ether oxygens (including phenoxy) is 1. The average Bonchev–Trinajstić information content (AvgIpc) is 2.34. The largest absolute Gasteiger partial charge is 0.392 e. The zero-order chi connectivity index (χ0) is 14.5. The SMILES string of the molecule is CCCNC(=O)C1COCCN1S(=O)(=O)CC(N)=S. The monoisotopic (exact) mass is 309 g/mol. The molecule has 1 aliphatic heterocycles. The Hall–Kier alpha value is -0.770. The molecule has 0 spiro atoms. The lowest BCUT2D eigenvalue weighted by Crippen LogP contribution is -2.56. The van der Waals surface area contributed by atoms with Gasteiger partial charge in [-0.3, -0.25) is 4.79 Å². The van der Waals surface area contributed by atoms with Crippen LogP contribution in [0.3, 0.4) is 0 Å². The van der Waals surface area contributed by atoms with Crippen molar-refractivity contribution in [2.24, 2.45) is 5.73 Å². The van der Waals surface area contributed by atoms with Gasteiger partial charge in [0.15, 0.2) is 0 Å². The van der Waals surface area contributed by atoms with Crippen LogP contribution in [0.2, 0.25) is 0 Å². The van der Waals surface area contributed by atoms with Crippen LogP contribution in [0.25, 0.3) is 0 Å². The lowest BCUT2D eigenvalue weighted by molar-refractivity contribution is -0.129. The lowest BCUT2D eigenvalue weighted by atomic mass is 10.2. The summed E-state index contributed by atoms with van der Waals surface area (Å²) in [6.45, 7) is 2.85. The van der Waals surface area contributed by atoms with Gasteiger partial charge in [-0.15, -0.1) is 0 Å². The van der Waals surface area contributed by atoms with Crippen LogP contribution in [0.1, 0.15) is 13.3 Å². The fraction of sp³-hybridized carbons (Fsp3) is 0.800. The molecule has 1 saturated heterocycles. The minimum Gasteiger partial charge on any atom is -0.392 e. The lowest BCUT2D eigenvalue weighted by Gasteiger charge is -2.33. The van der Waals surface area contributed by atoms with E-state index in [-0.39, 0.29) is 30.7 Å². The molecule has 0 aromatic heterocycles. The Labute approximate surface area is 118 Å². The molecule has 9 heteroatoms. The fourth-order valence-electron chi connectivity index (χ4n) is 1.76. The van der Waals surface area contributed by atoms with Crippen molar-refractivity contribution in [1.29, 1.82) is 0 Å². The topological polar surface area (TPSA) is 102 Å². The van der Waals surface area contributed by atoms with Gasteiger partial charge in [-0.05, 0) is 6.42 Å². The number of amides is 1. The molecule has 0 radical (unpaired) electrons. The van der Waals surface area contributed by atoms with E-state index in [1.165, 1.54) is 0 Å². The molecule has 1 unspecified atom stereocenters. The van der Waals surface area contributed by atoms with Crippen molar-refractivity contribution in [3.05, 3.63) is 0 Å². The van der Waals surface area contributed by atoms with Gasteiger partial charge in [0, 0.05) is 13.1 Å². The second-order valence-corrected chi connectivity index (χ2v) is 6.66. The Balaban J connectivity index is 2.83. The number of morpholine rings is 1. The second kappa shape index (κ2) is 7.13. The number of thiocarbonyl (C=S) groups is 1. The van der Waals surface area contributed by atoms with Crippen molar-refractivity contribution in [3.8, 4) is 0 Å². The summed E-state index contributed by atoms with van der Waals surface area (Å²) < 4.78 is 30.5. The molecule has 1 heterocycles. The molecule has 7 nitrogen and oxygen atoms in total. The molecule has 1 amide bonds. The smallest absolute Gasteiger partial charge is 0.240 e. The molecule has 0 aliphatic carbocycles. The molecule has 19 heavy (non-hydrogen) atoms. The summed E-state index contributed by atoms with van der Waals surface area (Å²) in [6, 6.07) is -0.848. The van der Waals surface area contributed by atoms with Gasteiger partial charge in [0.2, 0.25) is 15.9 Å². The molecule has 1 aliphatic rings. The fourth-order valence-corrected chi connectivity index (χ4v) is 3.63. The van der Waals surface area contributed by atoms with Gasteiger partial charge < -0.3 is 15.8 Å². The molecule has 0 saturated carbocycles. The summed E-state index contributed by atoms with van der Waals surface area (Å²) in [5.74, 6) is -0.784. The van der Waals surface area contributed by atoms with Crippen LogP contribution in [0.5, 0.6) is 0 Å². The summed E-state index contributed by atoms with van der Waals surface area (Å²) in [5.41, 5.74) is 5.28. The first kappa shape index (κ1) is 16.3. The van der Waals surface area contributed by atoms with E-state index >= 15 is 0 Å². The van der Waals surface area contributed by atoms with Gasteiger partial charge in [-0.1, -0.05) is 19.1 Å². The molecular formula is C10H19N3O4S2. The van der Waals surface area contributed by atoms with Gasteiger partial charge in [-0.2, -0.15) is 4.31 Å². The Morgan fingerprint density at radius 1 is 1.58 bits per heavy atom.